The number of unbranched alkanes of at least 4 members (excludes halogenated alkanes) is 13. The maximum Gasteiger partial charge on any atom is 0.295 e. The number of nitrogens with zero attached hydrogens (tertiary/aromatic N) is 1. The van der Waals surface area contributed by atoms with Crippen LogP contribution in [0.2, 0.25) is 0 Å². The number of amides is 1. The Morgan fingerprint density at radius 1 is 0.775 bits per heavy atom. The van der Waals surface area contributed by atoms with Crippen molar-refractivity contribution < 1.29 is 19.4 Å². The van der Waals surface area contributed by atoms with E-state index < -0.39 is 17.7 Å². The number of Topliss-reactive ketones (excluding diaryl/α,β-unsaturated/α-hetero) is 1. The average Bonchev–Trinajstić information content (AvgIpc) is 3.22. The molecule has 6 heteroatoms. The van der Waals surface area contributed by atoms with E-state index in [1.807, 2.05) is 24.3 Å². The van der Waals surface area contributed by atoms with E-state index in [1.54, 1.807) is 36.3 Å². The van der Waals surface area contributed by atoms with Crippen LogP contribution in [-0.2, 0) is 9.59 Å². The first kappa shape index (κ1) is 31.9. The number of halogens is 1. The summed E-state index contributed by atoms with van der Waals surface area (Å²) in [6, 6.07) is 13.9. The molecule has 0 spiro atoms. The molecule has 1 amide bonds. The molecule has 3 rings (SSSR count). The van der Waals surface area contributed by atoms with Crippen LogP contribution in [0.5, 0.6) is 5.75 Å². The molecule has 1 fully saturated rings. The minimum atomic E-state index is -0.633. The predicted molar refractivity (Wildman–Crippen MR) is 166 cm³/mol. The van der Waals surface area contributed by atoms with Crippen LogP contribution in [0.4, 0.5) is 0 Å². The van der Waals surface area contributed by atoms with Gasteiger partial charge in [-0.05, 0) is 48.4 Å². The highest BCUT2D eigenvalue weighted by Gasteiger charge is 2.45. The van der Waals surface area contributed by atoms with E-state index in [2.05, 4.69) is 22.9 Å². The van der Waals surface area contributed by atoms with E-state index in [4.69, 9.17) is 4.74 Å². The van der Waals surface area contributed by atoms with Crippen LogP contribution in [0.25, 0.3) is 5.76 Å². The highest BCUT2D eigenvalue weighted by molar-refractivity contribution is 9.10. The standard InChI is InChI=1S/C34H46BrNO4/c1-3-4-5-6-7-8-9-10-11-12-13-14-15-16-25-36-31(26-17-21-28(35)22-18-26)30(33(38)34(36)39)32(37)27-19-23-29(40-2)24-20-27/h17-24,31,37H,3-16,25H2,1-2H3. The molecule has 1 atom stereocenters. The van der Waals surface area contributed by atoms with Gasteiger partial charge in [0.05, 0.1) is 18.7 Å². The van der Waals surface area contributed by atoms with E-state index >= 15 is 0 Å². The van der Waals surface area contributed by atoms with Gasteiger partial charge < -0.3 is 14.7 Å². The molecule has 0 radical (unpaired) electrons. The molecule has 1 aliphatic rings. The maximum atomic E-state index is 13.2. The Morgan fingerprint density at radius 2 is 1.27 bits per heavy atom. The van der Waals surface area contributed by atoms with E-state index in [-0.39, 0.29) is 11.3 Å². The van der Waals surface area contributed by atoms with Crippen molar-refractivity contribution in [2.24, 2.45) is 0 Å². The fourth-order valence-electron chi connectivity index (χ4n) is 5.48. The Labute approximate surface area is 249 Å². The summed E-state index contributed by atoms with van der Waals surface area (Å²) in [7, 11) is 1.57. The van der Waals surface area contributed by atoms with Crippen molar-refractivity contribution in [2.75, 3.05) is 13.7 Å². The van der Waals surface area contributed by atoms with Crippen LogP contribution in [0, 0.1) is 0 Å². The summed E-state index contributed by atoms with van der Waals surface area (Å²) in [4.78, 5) is 28.0. The van der Waals surface area contributed by atoms with E-state index in [9.17, 15) is 14.7 Å². The Bertz CT molecular complexity index is 1090. The van der Waals surface area contributed by atoms with E-state index in [0.717, 1.165) is 29.3 Å². The molecule has 1 unspecified atom stereocenters. The molecule has 40 heavy (non-hydrogen) atoms. The normalized spacial score (nSPS) is 16.6. The number of ketones is 1. The zero-order valence-corrected chi connectivity index (χ0v) is 25.9. The van der Waals surface area contributed by atoms with Crippen molar-refractivity contribution in [1.29, 1.82) is 0 Å². The molecule has 1 aliphatic heterocycles. The lowest BCUT2D eigenvalue weighted by Crippen LogP contribution is -2.30. The first-order chi connectivity index (χ1) is 19.5. The summed E-state index contributed by atoms with van der Waals surface area (Å²) in [5.41, 5.74) is 1.43. The number of aliphatic hydroxyl groups excluding tert-OH is 1. The molecule has 1 heterocycles. The lowest BCUT2D eigenvalue weighted by Gasteiger charge is -2.25. The zero-order valence-electron chi connectivity index (χ0n) is 24.3. The molecular formula is C34H46BrNO4. The zero-order chi connectivity index (χ0) is 28.7. The number of carbonyl (C=O) groups excluding carboxylic acids is 2. The Balaban J connectivity index is 1.54. The van der Waals surface area contributed by atoms with Crippen LogP contribution >= 0.6 is 15.9 Å². The Kier molecular flexibility index (Phi) is 13.8. The summed E-state index contributed by atoms with van der Waals surface area (Å²) in [5, 5.41) is 11.2. The first-order valence-corrected chi connectivity index (χ1v) is 16.0. The van der Waals surface area contributed by atoms with Crippen molar-refractivity contribution >= 4 is 33.4 Å². The van der Waals surface area contributed by atoms with Gasteiger partial charge in [0.1, 0.15) is 11.5 Å². The predicted octanol–water partition coefficient (Wildman–Crippen LogP) is 9.36. The van der Waals surface area contributed by atoms with Gasteiger partial charge in [-0.15, -0.1) is 0 Å². The van der Waals surface area contributed by atoms with Crippen LogP contribution < -0.4 is 4.74 Å². The van der Waals surface area contributed by atoms with Gasteiger partial charge >= 0.3 is 0 Å². The Hall–Kier alpha value is -2.60. The second-order valence-electron chi connectivity index (χ2n) is 10.9. The van der Waals surface area contributed by atoms with E-state index in [0.29, 0.717) is 17.9 Å². The number of ether oxygens (including phenoxy) is 1. The molecule has 0 bridgehead atoms. The van der Waals surface area contributed by atoms with Gasteiger partial charge in [-0.3, -0.25) is 9.59 Å². The number of rotatable bonds is 18. The van der Waals surface area contributed by atoms with Crippen molar-refractivity contribution in [2.45, 2.75) is 103 Å². The fraction of sp³-hybridized carbons (Fsp3) is 0.529. The third-order valence-corrected chi connectivity index (χ3v) is 8.37. The molecule has 218 valence electrons. The quantitative estimate of drug-likeness (QED) is 0.0789. The maximum absolute atomic E-state index is 13.2. The number of benzene rings is 2. The first-order valence-electron chi connectivity index (χ1n) is 15.2. The highest BCUT2D eigenvalue weighted by Crippen LogP contribution is 2.40. The molecule has 1 saturated heterocycles. The molecular weight excluding hydrogens is 566 g/mol. The molecule has 0 saturated carbocycles. The molecule has 0 aliphatic carbocycles. The van der Waals surface area contributed by atoms with Crippen molar-refractivity contribution in [3.63, 3.8) is 0 Å². The van der Waals surface area contributed by atoms with Gasteiger partial charge in [0.2, 0.25) is 0 Å². The van der Waals surface area contributed by atoms with Crippen LogP contribution in [0.1, 0.15) is 114 Å². The average molecular weight is 613 g/mol. The van der Waals surface area contributed by atoms with Crippen molar-refractivity contribution in [3.05, 3.63) is 69.7 Å². The summed E-state index contributed by atoms with van der Waals surface area (Å²) in [6.07, 6.45) is 17.7. The second kappa shape index (κ2) is 17.3. The van der Waals surface area contributed by atoms with Gasteiger partial charge in [0.25, 0.3) is 11.7 Å². The monoisotopic (exact) mass is 611 g/mol. The van der Waals surface area contributed by atoms with Gasteiger partial charge in [-0.25, -0.2) is 0 Å². The van der Waals surface area contributed by atoms with Crippen LogP contribution in [0.15, 0.2) is 58.6 Å². The summed E-state index contributed by atoms with van der Waals surface area (Å²) >= 11 is 3.47. The fourth-order valence-corrected chi connectivity index (χ4v) is 5.75. The van der Waals surface area contributed by atoms with Gasteiger partial charge in [-0.2, -0.15) is 0 Å². The third kappa shape index (κ3) is 9.22. The number of aliphatic hydroxyl groups is 1. The number of carbonyl (C=O) groups is 2. The Morgan fingerprint density at radius 3 is 1.77 bits per heavy atom. The summed E-state index contributed by atoms with van der Waals surface area (Å²) in [6.45, 7) is 2.75. The molecule has 0 aromatic heterocycles. The number of hydrogen-bond donors (Lipinski definition) is 1. The van der Waals surface area contributed by atoms with Gasteiger partial charge in [0.15, 0.2) is 0 Å². The summed E-state index contributed by atoms with van der Waals surface area (Å²) in [5.74, 6) is -0.680. The lowest BCUT2D eigenvalue weighted by molar-refractivity contribution is -0.139. The van der Waals surface area contributed by atoms with Gasteiger partial charge in [-0.1, -0.05) is 118 Å². The molecule has 2 aromatic rings. The number of methoxy groups -OCH3 is 1. The smallest absolute Gasteiger partial charge is 0.295 e. The van der Waals surface area contributed by atoms with Crippen LogP contribution in [-0.4, -0.2) is 35.4 Å². The highest BCUT2D eigenvalue weighted by atomic mass is 79.9. The van der Waals surface area contributed by atoms with Crippen molar-refractivity contribution in [1.82, 2.24) is 4.90 Å². The minimum Gasteiger partial charge on any atom is -0.507 e. The molecule has 5 nitrogen and oxygen atoms in total. The largest absolute Gasteiger partial charge is 0.507 e. The van der Waals surface area contributed by atoms with Gasteiger partial charge in [0, 0.05) is 16.6 Å². The number of likely N-dealkylation sites (tertiary alicyclic amines) is 1. The molecule has 2 aromatic carbocycles. The van der Waals surface area contributed by atoms with Crippen molar-refractivity contribution in [3.8, 4) is 5.75 Å². The molecule has 1 N–H and O–H groups in total. The van der Waals surface area contributed by atoms with Crippen LogP contribution in [0.3, 0.4) is 0 Å². The SMILES string of the molecule is CCCCCCCCCCCCCCCCN1C(=O)C(=O)C(=C(O)c2ccc(OC)cc2)C1c1ccc(Br)cc1. The van der Waals surface area contributed by atoms with E-state index in [1.165, 1.54) is 70.6 Å². The minimum absolute atomic E-state index is 0.142. The lowest BCUT2D eigenvalue weighted by atomic mass is 9.95. The third-order valence-electron chi connectivity index (χ3n) is 7.84. The summed E-state index contributed by atoms with van der Waals surface area (Å²) < 4.78 is 6.13. The number of hydrogen-bond acceptors (Lipinski definition) is 4. The topological polar surface area (TPSA) is 66.8 Å². The second-order valence-corrected chi connectivity index (χ2v) is 11.8.